The van der Waals surface area contributed by atoms with E-state index in [0.717, 1.165) is 30.5 Å². The monoisotopic (exact) mass is 390 g/mol. The molecule has 1 aromatic heterocycles. The largest absolute Gasteiger partial charge is 0.477 e. The molecule has 1 aliphatic carbocycles. The molecule has 0 saturated carbocycles. The van der Waals surface area contributed by atoms with Crippen LogP contribution in [0.5, 0.6) is 0 Å². The van der Waals surface area contributed by atoms with Crippen LogP contribution in [0.2, 0.25) is 0 Å². The average Bonchev–Trinajstić information content (AvgIpc) is 3.14. The fraction of sp³-hybridized carbons (Fsp3) is 0.550. The van der Waals surface area contributed by atoms with Gasteiger partial charge in [0.1, 0.15) is 4.88 Å². The third kappa shape index (κ3) is 4.24. The highest BCUT2D eigenvalue weighted by Crippen LogP contribution is 2.39. The van der Waals surface area contributed by atoms with Crippen molar-refractivity contribution >= 4 is 40.9 Å². The summed E-state index contributed by atoms with van der Waals surface area (Å²) in [6.45, 7) is 2.98. The van der Waals surface area contributed by atoms with Gasteiger partial charge in [-0.15, -0.1) is 11.3 Å². The van der Waals surface area contributed by atoms with Crippen molar-refractivity contribution in [2.45, 2.75) is 57.9 Å². The first-order chi connectivity index (χ1) is 13.0. The summed E-state index contributed by atoms with van der Waals surface area (Å²) in [6.07, 6.45) is 8.94. The molecule has 1 aromatic rings. The third-order valence-electron chi connectivity index (χ3n) is 5.36. The number of rotatable bonds is 6. The molecular weight excluding hydrogens is 364 g/mol. The van der Waals surface area contributed by atoms with Crippen LogP contribution in [0.1, 0.15) is 66.4 Å². The zero-order chi connectivity index (χ0) is 19.4. The van der Waals surface area contributed by atoms with Crippen LogP contribution in [0, 0.1) is 0 Å². The molecule has 146 valence electrons. The van der Waals surface area contributed by atoms with Gasteiger partial charge in [-0.1, -0.05) is 13.0 Å². The number of piperidine rings is 1. The molecule has 3 rings (SSSR count). The van der Waals surface area contributed by atoms with Crippen LogP contribution in [-0.4, -0.2) is 47.4 Å². The second-order valence-electron chi connectivity index (χ2n) is 7.10. The number of thiophene rings is 1. The van der Waals surface area contributed by atoms with E-state index in [-0.39, 0.29) is 16.8 Å². The molecule has 0 atom stereocenters. The molecule has 2 heterocycles. The molecule has 2 amide bonds. The standard InChI is InChI=1S/C20H26N2O4S/c1-2-18(24)22(15-8-10-21(13-23)11-9-15)16-12-17(27-19(16)20(25)26)14-6-4-3-5-7-14/h6,12-13,15H,2-5,7-11H2,1H3,(H,25,26). The minimum Gasteiger partial charge on any atom is -0.477 e. The van der Waals surface area contributed by atoms with Crippen molar-refractivity contribution < 1.29 is 19.5 Å². The Morgan fingerprint density at radius 1 is 1.33 bits per heavy atom. The van der Waals surface area contributed by atoms with Gasteiger partial charge in [0.2, 0.25) is 12.3 Å². The highest BCUT2D eigenvalue weighted by Gasteiger charge is 2.32. The molecule has 0 unspecified atom stereocenters. The van der Waals surface area contributed by atoms with Gasteiger partial charge in [0.25, 0.3) is 0 Å². The number of carboxylic acid groups (broad SMARTS) is 1. The van der Waals surface area contributed by atoms with Crippen LogP contribution in [-0.2, 0) is 9.59 Å². The molecule has 0 radical (unpaired) electrons. The number of nitrogens with zero attached hydrogens (tertiary/aromatic N) is 2. The fourth-order valence-electron chi connectivity index (χ4n) is 3.89. The Kier molecular flexibility index (Phi) is 6.31. The first-order valence-electron chi connectivity index (χ1n) is 9.63. The molecular formula is C20H26N2O4S. The molecule has 7 heteroatoms. The SMILES string of the molecule is CCC(=O)N(c1cc(C2=CCCCC2)sc1C(=O)O)C1CCN(C=O)CC1. The van der Waals surface area contributed by atoms with Crippen molar-refractivity contribution in [2.24, 2.45) is 0 Å². The highest BCUT2D eigenvalue weighted by molar-refractivity contribution is 7.15. The Bertz CT molecular complexity index is 747. The third-order valence-corrected chi connectivity index (χ3v) is 6.55. The number of carboxylic acids is 1. The first-order valence-corrected chi connectivity index (χ1v) is 10.4. The molecule has 0 bridgehead atoms. The second-order valence-corrected chi connectivity index (χ2v) is 8.15. The Hall–Kier alpha value is -2.15. The first kappa shape index (κ1) is 19.6. The number of hydrogen-bond donors (Lipinski definition) is 1. The molecule has 27 heavy (non-hydrogen) atoms. The Morgan fingerprint density at radius 2 is 2.07 bits per heavy atom. The van der Waals surface area contributed by atoms with Crippen molar-refractivity contribution in [1.29, 1.82) is 0 Å². The topological polar surface area (TPSA) is 77.9 Å². The summed E-state index contributed by atoms with van der Waals surface area (Å²) in [7, 11) is 0. The van der Waals surface area contributed by atoms with Gasteiger partial charge >= 0.3 is 5.97 Å². The van der Waals surface area contributed by atoms with Gasteiger partial charge in [0.05, 0.1) is 5.69 Å². The lowest BCUT2D eigenvalue weighted by Crippen LogP contribution is -2.47. The van der Waals surface area contributed by atoms with Crippen molar-refractivity contribution in [3.8, 4) is 0 Å². The Labute approximate surface area is 163 Å². The Balaban J connectivity index is 1.97. The van der Waals surface area contributed by atoms with Crippen molar-refractivity contribution in [2.75, 3.05) is 18.0 Å². The van der Waals surface area contributed by atoms with Gasteiger partial charge in [0.15, 0.2) is 0 Å². The predicted molar refractivity (Wildman–Crippen MR) is 106 cm³/mol. The minimum atomic E-state index is -0.989. The molecule has 0 spiro atoms. The van der Waals surface area contributed by atoms with E-state index in [1.165, 1.54) is 23.3 Å². The zero-order valence-corrected chi connectivity index (χ0v) is 16.5. The highest BCUT2D eigenvalue weighted by atomic mass is 32.1. The van der Waals surface area contributed by atoms with Gasteiger partial charge in [-0.25, -0.2) is 4.79 Å². The van der Waals surface area contributed by atoms with Crippen LogP contribution >= 0.6 is 11.3 Å². The molecule has 1 saturated heterocycles. The molecule has 1 fully saturated rings. The van der Waals surface area contributed by atoms with E-state index in [2.05, 4.69) is 6.08 Å². The zero-order valence-electron chi connectivity index (χ0n) is 15.6. The van der Waals surface area contributed by atoms with E-state index in [1.54, 1.807) is 16.7 Å². The maximum Gasteiger partial charge on any atom is 0.348 e. The number of hydrogen-bond acceptors (Lipinski definition) is 4. The smallest absolute Gasteiger partial charge is 0.348 e. The second kappa shape index (κ2) is 8.69. The molecule has 1 N–H and O–H groups in total. The predicted octanol–water partition coefficient (Wildman–Crippen LogP) is 3.77. The fourth-order valence-corrected chi connectivity index (χ4v) is 4.94. The summed E-state index contributed by atoms with van der Waals surface area (Å²) >= 11 is 1.27. The summed E-state index contributed by atoms with van der Waals surface area (Å²) in [4.78, 5) is 40.2. The lowest BCUT2D eigenvalue weighted by molar-refractivity contribution is -0.119. The van der Waals surface area contributed by atoms with Gasteiger partial charge in [-0.05, 0) is 50.2 Å². The average molecular weight is 391 g/mol. The normalized spacial score (nSPS) is 18.1. The summed E-state index contributed by atoms with van der Waals surface area (Å²) < 4.78 is 0. The minimum absolute atomic E-state index is 0.0657. The van der Waals surface area contributed by atoms with E-state index in [1.807, 2.05) is 6.07 Å². The number of likely N-dealkylation sites (tertiary alicyclic amines) is 1. The van der Waals surface area contributed by atoms with Gasteiger partial charge in [0, 0.05) is 30.4 Å². The Morgan fingerprint density at radius 3 is 2.63 bits per heavy atom. The van der Waals surface area contributed by atoms with Crippen molar-refractivity contribution in [3.05, 3.63) is 21.9 Å². The molecule has 0 aromatic carbocycles. The van der Waals surface area contributed by atoms with Crippen LogP contribution in [0.15, 0.2) is 12.1 Å². The summed E-state index contributed by atoms with van der Waals surface area (Å²) in [5.74, 6) is -1.05. The van der Waals surface area contributed by atoms with E-state index in [4.69, 9.17) is 0 Å². The summed E-state index contributed by atoms with van der Waals surface area (Å²) in [6, 6.07) is 1.82. The molecule has 2 aliphatic rings. The maximum atomic E-state index is 12.8. The number of carbonyl (C=O) groups excluding carboxylic acids is 2. The lowest BCUT2D eigenvalue weighted by Gasteiger charge is -2.37. The molecule has 6 nitrogen and oxygen atoms in total. The van der Waals surface area contributed by atoms with Gasteiger partial charge in [-0.3, -0.25) is 9.59 Å². The number of amides is 2. The summed E-state index contributed by atoms with van der Waals surface area (Å²) in [5.41, 5.74) is 1.71. The van der Waals surface area contributed by atoms with Crippen LogP contribution in [0.25, 0.3) is 5.57 Å². The lowest BCUT2D eigenvalue weighted by atomic mass is 9.98. The van der Waals surface area contributed by atoms with Crippen molar-refractivity contribution in [3.63, 3.8) is 0 Å². The van der Waals surface area contributed by atoms with Gasteiger partial charge < -0.3 is 14.9 Å². The molecule has 1 aliphatic heterocycles. The summed E-state index contributed by atoms with van der Waals surface area (Å²) in [5, 5.41) is 9.76. The quantitative estimate of drug-likeness (QED) is 0.750. The van der Waals surface area contributed by atoms with E-state index >= 15 is 0 Å². The van der Waals surface area contributed by atoms with E-state index in [9.17, 15) is 19.5 Å². The van der Waals surface area contributed by atoms with Gasteiger partial charge in [-0.2, -0.15) is 0 Å². The number of anilines is 1. The van der Waals surface area contributed by atoms with Crippen molar-refractivity contribution in [1.82, 2.24) is 4.90 Å². The van der Waals surface area contributed by atoms with Crippen LogP contribution in [0.4, 0.5) is 5.69 Å². The van der Waals surface area contributed by atoms with E-state index in [0.29, 0.717) is 38.0 Å². The number of allylic oxidation sites excluding steroid dienone is 2. The maximum absolute atomic E-state index is 12.8. The van der Waals surface area contributed by atoms with Crippen LogP contribution in [0.3, 0.4) is 0 Å². The van der Waals surface area contributed by atoms with Crippen LogP contribution < -0.4 is 4.90 Å². The van der Waals surface area contributed by atoms with E-state index < -0.39 is 5.97 Å². The number of carbonyl (C=O) groups is 3. The number of aromatic carboxylic acids is 1.